The summed E-state index contributed by atoms with van der Waals surface area (Å²) in [4.78, 5) is 2.01. The van der Waals surface area contributed by atoms with Crippen LogP contribution in [-0.4, -0.2) is 48.0 Å². The van der Waals surface area contributed by atoms with Gasteiger partial charge in [0.2, 0.25) is 0 Å². The second kappa shape index (κ2) is 6.88. The van der Waals surface area contributed by atoms with Crippen molar-refractivity contribution >= 4 is 0 Å². The van der Waals surface area contributed by atoms with Gasteiger partial charge in [-0.1, -0.05) is 17.7 Å². The standard InChI is InChI=1S/C15H25NO2/c1-11-7-12(2)15(13(3)8-11)5-6-16(4)14(9-17)10-18/h7-8,14,17-18H,5-6,9-10H2,1-4H3. The van der Waals surface area contributed by atoms with Gasteiger partial charge in [-0.15, -0.1) is 0 Å². The molecule has 0 aromatic heterocycles. The van der Waals surface area contributed by atoms with Crippen molar-refractivity contribution in [1.82, 2.24) is 4.90 Å². The Kier molecular flexibility index (Phi) is 5.79. The molecule has 1 rings (SSSR count). The van der Waals surface area contributed by atoms with Crippen molar-refractivity contribution in [2.45, 2.75) is 33.2 Å². The molecule has 18 heavy (non-hydrogen) atoms. The van der Waals surface area contributed by atoms with E-state index in [9.17, 15) is 0 Å². The van der Waals surface area contributed by atoms with Crippen molar-refractivity contribution in [2.24, 2.45) is 0 Å². The summed E-state index contributed by atoms with van der Waals surface area (Å²) in [5, 5.41) is 18.3. The first-order valence-electron chi connectivity index (χ1n) is 6.48. The molecule has 2 N–H and O–H groups in total. The van der Waals surface area contributed by atoms with Crippen molar-refractivity contribution in [3.8, 4) is 0 Å². The van der Waals surface area contributed by atoms with Crippen LogP contribution in [0.5, 0.6) is 0 Å². The maximum atomic E-state index is 9.14. The van der Waals surface area contributed by atoms with Gasteiger partial charge in [0.25, 0.3) is 0 Å². The molecule has 0 saturated heterocycles. The molecular formula is C15H25NO2. The summed E-state index contributed by atoms with van der Waals surface area (Å²) in [5.41, 5.74) is 5.32. The molecule has 0 heterocycles. The minimum atomic E-state index is -0.156. The number of aryl methyl sites for hydroxylation is 3. The SMILES string of the molecule is Cc1cc(C)c(CCN(C)C(CO)CO)c(C)c1. The van der Waals surface area contributed by atoms with Crippen molar-refractivity contribution in [1.29, 1.82) is 0 Å². The number of nitrogens with zero attached hydrogens (tertiary/aromatic N) is 1. The first kappa shape index (κ1) is 15.2. The number of benzene rings is 1. The van der Waals surface area contributed by atoms with E-state index in [-0.39, 0.29) is 19.3 Å². The van der Waals surface area contributed by atoms with Crippen LogP contribution in [0.25, 0.3) is 0 Å². The van der Waals surface area contributed by atoms with Gasteiger partial charge in [-0.05, 0) is 50.9 Å². The molecule has 0 bridgehead atoms. The highest BCUT2D eigenvalue weighted by Gasteiger charge is 2.13. The summed E-state index contributed by atoms with van der Waals surface area (Å²) in [6, 6.07) is 4.26. The molecule has 1 aromatic rings. The van der Waals surface area contributed by atoms with Crippen LogP contribution >= 0.6 is 0 Å². The largest absolute Gasteiger partial charge is 0.395 e. The molecule has 0 atom stereocenters. The van der Waals surface area contributed by atoms with Crippen LogP contribution in [0.2, 0.25) is 0 Å². The Morgan fingerprint density at radius 1 is 1.06 bits per heavy atom. The zero-order valence-electron chi connectivity index (χ0n) is 11.9. The summed E-state index contributed by atoms with van der Waals surface area (Å²) >= 11 is 0. The van der Waals surface area contributed by atoms with Crippen molar-refractivity contribution in [2.75, 3.05) is 26.8 Å². The Hall–Kier alpha value is -0.900. The molecule has 0 aliphatic rings. The van der Waals surface area contributed by atoms with E-state index >= 15 is 0 Å². The summed E-state index contributed by atoms with van der Waals surface area (Å²) in [5.74, 6) is 0. The van der Waals surface area contributed by atoms with Gasteiger partial charge in [0.05, 0.1) is 19.3 Å². The first-order valence-corrected chi connectivity index (χ1v) is 6.48. The average molecular weight is 251 g/mol. The highest BCUT2D eigenvalue weighted by molar-refractivity contribution is 5.37. The lowest BCUT2D eigenvalue weighted by Crippen LogP contribution is -2.39. The van der Waals surface area contributed by atoms with Gasteiger partial charge in [-0.25, -0.2) is 0 Å². The molecule has 0 fully saturated rings. The van der Waals surface area contributed by atoms with Crippen molar-refractivity contribution in [3.63, 3.8) is 0 Å². The highest BCUT2D eigenvalue weighted by Crippen LogP contribution is 2.17. The first-order chi connectivity index (χ1) is 8.49. The fraction of sp³-hybridized carbons (Fsp3) is 0.600. The molecule has 3 nitrogen and oxygen atoms in total. The number of aliphatic hydroxyl groups is 2. The Bertz CT molecular complexity index is 363. The number of likely N-dealkylation sites (N-methyl/N-ethyl adjacent to an activating group) is 1. The maximum absolute atomic E-state index is 9.14. The van der Waals surface area contributed by atoms with Gasteiger partial charge in [0.15, 0.2) is 0 Å². The van der Waals surface area contributed by atoms with E-state index in [1.807, 2.05) is 11.9 Å². The van der Waals surface area contributed by atoms with E-state index in [0.29, 0.717) is 0 Å². The van der Waals surface area contributed by atoms with Gasteiger partial charge >= 0.3 is 0 Å². The molecule has 3 heteroatoms. The molecular weight excluding hydrogens is 226 g/mol. The van der Waals surface area contributed by atoms with E-state index in [4.69, 9.17) is 10.2 Å². The smallest absolute Gasteiger partial charge is 0.0609 e. The fourth-order valence-corrected chi connectivity index (χ4v) is 2.41. The van der Waals surface area contributed by atoms with Crippen LogP contribution in [0.3, 0.4) is 0 Å². The molecule has 0 spiro atoms. The Morgan fingerprint density at radius 2 is 1.56 bits per heavy atom. The average Bonchev–Trinajstić information content (AvgIpc) is 2.29. The maximum Gasteiger partial charge on any atom is 0.0609 e. The van der Waals surface area contributed by atoms with Crippen molar-refractivity contribution in [3.05, 3.63) is 34.4 Å². The lowest BCUT2D eigenvalue weighted by atomic mass is 9.97. The van der Waals surface area contributed by atoms with Crippen LogP contribution in [0.1, 0.15) is 22.3 Å². The van der Waals surface area contributed by atoms with Gasteiger partial charge in [-0.3, -0.25) is 4.90 Å². The number of rotatable bonds is 6. The third-order valence-corrected chi connectivity index (χ3v) is 3.60. The molecule has 1 aromatic carbocycles. The third-order valence-electron chi connectivity index (χ3n) is 3.60. The zero-order chi connectivity index (χ0) is 13.7. The lowest BCUT2D eigenvalue weighted by molar-refractivity contribution is 0.0925. The van der Waals surface area contributed by atoms with Gasteiger partial charge < -0.3 is 10.2 Å². The summed E-state index contributed by atoms with van der Waals surface area (Å²) in [7, 11) is 1.94. The molecule has 0 saturated carbocycles. The topological polar surface area (TPSA) is 43.7 Å². The van der Waals surface area contributed by atoms with Crippen LogP contribution < -0.4 is 0 Å². The van der Waals surface area contributed by atoms with Gasteiger partial charge in [-0.2, -0.15) is 0 Å². The second-order valence-electron chi connectivity index (χ2n) is 5.13. The van der Waals surface area contributed by atoms with Gasteiger partial charge in [0, 0.05) is 6.54 Å². The van der Waals surface area contributed by atoms with Crippen LogP contribution in [0, 0.1) is 20.8 Å². The minimum absolute atomic E-state index is 0.00113. The second-order valence-corrected chi connectivity index (χ2v) is 5.13. The van der Waals surface area contributed by atoms with E-state index in [2.05, 4.69) is 32.9 Å². The quantitative estimate of drug-likeness (QED) is 0.804. The highest BCUT2D eigenvalue weighted by atomic mass is 16.3. The van der Waals surface area contributed by atoms with Crippen LogP contribution in [0.15, 0.2) is 12.1 Å². The molecule has 0 amide bonds. The molecule has 0 aliphatic carbocycles. The van der Waals surface area contributed by atoms with Gasteiger partial charge in [0.1, 0.15) is 0 Å². The normalized spacial score (nSPS) is 11.6. The number of hydrogen-bond acceptors (Lipinski definition) is 3. The molecule has 102 valence electrons. The molecule has 0 radical (unpaired) electrons. The summed E-state index contributed by atoms with van der Waals surface area (Å²) in [6.45, 7) is 7.24. The fourth-order valence-electron chi connectivity index (χ4n) is 2.41. The Morgan fingerprint density at radius 3 is 2.00 bits per heavy atom. The molecule has 0 aliphatic heterocycles. The molecule has 0 unspecified atom stereocenters. The summed E-state index contributed by atoms with van der Waals surface area (Å²) < 4.78 is 0. The van der Waals surface area contributed by atoms with E-state index in [0.717, 1.165) is 13.0 Å². The predicted molar refractivity (Wildman–Crippen MR) is 74.9 cm³/mol. The zero-order valence-corrected chi connectivity index (χ0v) is 11.9. The monoisotopic (exact) mass is 251 g/mol. The summed E-state index contributed by atoms with van der Waals surface area (Å²) in [6.07, 6.45) is 0.949. The van der Waals surface area contributed by atoms with Crippen LogP contribution in [-0.2, 0) is 6.42 Å². The number of aliphatic hydroxyl groups excluding tert-OH is 2. The lowest BCUT2D eigenvalue weighted by Gasteiger charge is -2.25. The van der Waals surface area contributed by atoms with E-state index in [1.54, 1.807) is 0 Å². The Balaban J connectivity index is 2.69. The minimum Gasteiger partial charge on any atom is -0.395 e. The van der Waals surface area contributed by atoms with Crippen molar-refractivity contribution < 1.29 is 10.2 Å². The third kappa shape index (κ3) is 3.80. The van der Waals surface area contributed by atoms with E-state index < -0.39 is 0 Å². The number of hydrogen-bond donors (Lipinski definition) is 2. The predicted octanol–water partition coefficient (Wildman–Crippen LogP) is 1.44. The van der Waals surface area contributed by atoms with Crippen LogP contribution in [0.4, 0.5) is 0 Å². The van der Waals surface area contributed by atoms with E-state index in [1.165, 1.54) is 22.3 Å². The Labute approximate surface area is 110 Å².